The maximum Gasteiger partial charge on any atom is 2.00 e. The Kier molecular flexibility index (Phi) is 14.0. The molecular weight excluding hydrogens is 724 g/mol. The Morgan fingerprint density at radius 2 is 0.896 bits per heavy atom. The summed E-state index contributed by atoms with van der Waals surface area (Å²) < 4.78 is 1.29. The summed E-state index contributed by atoms with van der Waals surface area (Å²) in [5, 5.41) is 11.7. The second-order valence-electron chi connectivity index (χ2n) is 11.0. The van der Waals surface area contributed by atoms with Gasteiger partial charge >= 0.3 is 19.5 Å². The molecule has 1 aromatic heterocycles. The van der Waals surface area contributed by atoms with E-state index in [1.54, 1.807) is 11.3 Å². The van der Waals surface area contributed by atoms with E-state index < -0.39 is 0 Å². The molecule has 0 atom stereocenters. The number of benzene rings is 6. The van der Waals surface area contributed by atoms with E-state index in [0.717, 1.165) is 5.56 Å². The van der Waals surface area contributed by atoms with Gasteiger partial charge < -0.3 is 0 Å². The molecule has 0 bridgehead atoms. The molecule has 0 aliphatic heterocycles. The van der Waals surface area contributed by atoms with Gasteiger partial charge in [-0.05, 0) is 89.5 Å². The maximum atomic E-state index is 5.97. The topological polar surface area (TPSA) is 0 Å². The standard InChI is InChI=1S/C26H24P2.C13H8S.C5H5.Ru/c1-5-13-23(14-6-1)27(24-15-7-2-8-16-24)21-22-28(25-17-9-3-10-18-25)26-19-11-4-12-20-26;1-9-8-10-4-2-3-5-12(10)13-11(9)6-7-14-13;1-2-4-5-3-1;/h1-20H,21-22H2;1-8H;1-5H;/q;;-1;+2. The van der Waals surface area contributed by atoms with Gasteiger partial charge in [-0.25, -0.2) is 12.1 Å². The van der Waals surface area contributed by atoms with E-state index in [0.29, 0.717) is 0 Å². The summed E-state index contributed by atoms with van der Waals surface area (Å²) in [5.74, 6) is 0. The van der Waals surface area contributed by atoms with Gasteiger partial charge in [-0.2, -0.15) is 18.2 Å². The first-order valence-electron chi connectivity index (χ1n) is 15.8. The third-order valence-corrected chi connectivity index (χ3v) is 14.2. The van der Waals surface area contributed by atoms with Crippen molar-refractivity contribution in [2.75, 3.05) is 12.3 Å². The van der Waals surface area contributed by atoms with Crippen LogP contribution in [0, 0.1) is 6.92 Å². The van der Waals surface area contributed by atoms with Crippen molar-refractivity contribution >= 4 is 69.3 Å². The zero-order valence-electron chi connectivity index (χ0n) is 26.6. The van der Waals surface area contributed by atoms with Crippen LogP contribution >= 0.6 is 27.2 Å². The minimum atomic E-state index is -0.348. The monoisotopic (exact) mass is 761 g/mol. The molecule has 0 aliphatic rings. The van der Waals surface area contributed by atoms with Crippen molar-refractivity contribution in [3.05, 3.63) is 206 Å². The van der Waals surface area contributed by atoms with Gasteiger partial charge in [0.05, 0.1) is 0 Å². The van der Waals surface area contributed by atoms with Crippen LogP contribution < -0.4 is 21.2 Å². The molecule has 48 heavy (non-hydrogen) atoms. The molecule has 1 heterocycles. The first-order valence-corrected chi connectivity index (χ1v) is 19.8. The van der Waals surface area contributed by atoms with E-state index in [9.17, 15) is 0 Å². The van der Waals surface area contributed by atoms with Gasteiger partial charge in [-0.1, -0.05) is 152 Å². The van der Waals surface area contributed by atoms with Crippen molar-refractivity contribution in [3.8, 4) is 0 Å². The molecule has 7 aromatic carbocycles. The molecule has 236 valence electrons. The fourth-order valence-electron chi connectivity index (χ4n) is 5.59. The van der Waals surface area contributed by atoms with E-state index >= 15 is 0 Å². The number of fused-ring (bicyclic) bond motifs is 3. The first kappa shape index (κ1) is 35.7. The Morgan fingerprint density at radius 1 is 0.479 bits per heavy atom. The number of hydrogen-bond donors (Lipinski definition) is 0. The predicted molar refractivity (Wildman–Crippen MR) is 213 cm³/mol. The Hall–Kier alpha value is -3.63. The molecule has 2 radical (unpaired) electrons. The van der Waals surface area contributed by atoms with Crippen molar-refractivity contribution in [2.24, 2.45) is 0 Å². The summed E-state index contributed by atoms with van der Waals surface area (Å²) in [7, 11) is -0.696. The molecule has 0 amide bonds. The van der Waals surface area contributed by atoms with Crippen LogP contribution in [-0.2, 0) is 19.5 Å². The quantitative estimate of drug-likeness (QED) is 0.0862. The SMILES string of the molecule is [CH]c1cc2ccccc2c2sccc12.[Ru+2].c1cc[cH-]c1.c1ccc(P(CCP(c2ccccc2)c2ccccc2)c2ccccc2)cc1. The van der Waals surface area contributed by atoms with Gasteiger partial charge in [0.2, 0.25) is 0 Å². The smallest absolute Gasteiger partial charge is 0.214 e. The van der Waals surface area contributed by atoms with Crippen LogP contribution in [0.25, 0.3) is 20.9 Å². The van der Waals surface area contributed by atoms with Gasteiger partial charge in [0, 0.05) is 4.70 Å². The zero-order valence-corrected chi connectivity index (χ0v) is 31.0. The van der Waals surface area contributed by atoms with Crippen LogP contribution in [0.1, 0.15) is 5.56 Å². The fourth-order valence-corrected chi connectivity index (χ4v) is 11.9. The van der Waals surface area contributed by atoms with Gasteiger partial charge in [0.15, 0.2) is 0 Å². The van der Waals surface area contributed by atoms with E-state index in [1.807, 2.05) is 42.5 Å². The summed E-state index contributed by atoms with van der Waals surface area (Å²) in [4.78, 5) is 0. The van der Waals surface area contributed by atoms with Crippen molar-refractivity contribution in [3.63, 3.8) is 0 Å². The third kappa shape index (κ3) is 9.50. The minimum Gasteiger partial charge on any atom is -0.214 e. The fraction of sp³-hybridized carbons (Fsp3) is 0.0455. The van der Waals surface area contributed by atoms with Crippen LogP contribution in [0.2, 0.25) is 0 Å². The second kappa shape index (κ2) is 18.8. The summed E-state index contributed by atoms with van der Waals surface area (Å²) in [6, 6.07) is 66.7. The summed E-state index contributed by atoms with van der Waals surface area (Å²) >= 11 is 1.75. The van der Waals surface area contributed by atoms with Crippen LogP contribution in [0.3, 0.4) is 0 Å². The van der Waals surface area contributed by atoms with Gasteiger partial charge in [0.1, 0.15) is 0 Å². The Bertz CT molecular complexity index is 1860. The predicted octanol–water partition coefficient (Wildman–Crippen LogP) is 10.8. The molecule has 0 saturated carbocycles. The normalized spacial score (nSPS) is 10.6. The molecule has 0 N–H and O–H groups in total. The Morgan fingerprint density at radius 3 is 1.31 bits per heavy atom. The molecule has 4 heteroatoms. The van der Waals surface area contributed by atoms with Crippen LogP contribution in [0.4, 0.5) is 0 Å². The zero-order chi connectivity index (χ0) is 32.1. The van der Waals surface area contributed by atoms with E-state index in [1.165, 1.54) is 54.4 Å². The molecule has 0 spiro atoms. The second-order valence-corrected chi connectivity index (χ2v) is 16.5. The van der Waals surface area contributed by atoms with Gasteiger partial charge in [-0.3, -0.25) is 0 Å². The Labute approximate surface area is 305 Å². The van der Waals surface area contributed by atoms with E-state index in [2.05, 4.69) is 151 Å². The summed E-state index contributed by atoms with van der Waals surface area (Å²) in [6.07, 6.45) is 2.41. The molecule has 0 aliphatic carbocycles. The van der Waals surface area contributed by atoms with Gasteiger partial charge in [-0.15, -0.1) is 11.3 Å². The largest absolute Gasteiger partial charge is 2.00 e. The average molecular weight is 761 g/mol. The van der Waals surface area contributed by atoms with Crippen molar-refractivity contribution in [2.45, 2.75) is 0 Å². The number of hydrogen-bond acceptors (Lipinski definition) is 1. The van der Waals surface area contributed by atoms with Crippen molar-refractivity contribution in [1.29, 1.82) is 0 Å². The molecule has 8 rings (SSSR count). The number of rotatable bonds is 7. The molecule has 0 saturated heterocycles. The van der Waals surface area contributed by atoms with Crippen LogP contribution in [0.15, 0.2) is 193 Å². The van der Waals surface area contributed by atoms with Gasteiger partial charge in [0.25, 0.3) is 0 Å². The molecule has 0 fully saturated rings. The van der Waals surface area contributed by atoms with Crippen molar-refractivity contribution < 1.29 is 19.5 Å². The van der Waals surface area contributed by atoms with E-state index in [-0.39, 0.29) is 35.3 Å². The minimum absolute atomic E-state index is 0. The summed E-state index contributed by atoms with van der Waals surface area (Å²) in [5.41, 5.74) is 0.875. The third-order valence-electron chi connectivity index (χ3n) is 7.87. The average Bonchev–Trinajstić information content (AvgIpc) is 3.89. The molecule has 8 aromatic rings. The van der Waals surface area contributed by atoms with Crippen LogP contribution in [-0.4, -0.2) is 12.3 Å². The maximum absolute atomic E-state index is 5.97. The molecule has 0 nitrogen and oxygen atoms in total. The Balaban J connectivity index is 0.000000185. The van der Waals surface area contributed by atoms with Crippen LogP contribution in [0.5, 0.6) is 0 Å². The molecule has 0 unspecified atom stereocenters. The molecular formula is C44H37P2RuS+. The van der Waals surface area contributed by atoms with Crippen molar-refractivity contribution in [1.82, 2.24) is 0 Å². The summed E-state index contributed by atoms with van der Waals surface area (Å²) in [6.45, 7) is 5.97. The van der Waals surface area contributed by atoms with E-state index in [4.69, 9.17) is 6.92 Å². The number of thiophene rings is 1. The first-order chi connectivity index (χ1) is 23.3.